The number of aromatic nitrogens is 2. The number of nitrogens with one attached hydrogen (secondary N) is 1. The summed E-state index contributed by atoms with van der Waals surface area (Å²) in [7, 11) is -3.74. The van der Waals surface area contributed by atoms with Gasteiger partial charge < -0.3 is 5.32 Å². The Kier molecular flexibility index (Phi) is 6.83. The van der Waals surface area contributed by atoms with E-state index < -0.39 is 10.0 Å². The molecule has 0 aliphatic heterocycles. The van der Waals surface area contributed by atoms with Crippen molar-refractivity contribution in [3.63, 3.8) is 0 Å². The monoisotopic (exact) mass is 478 g/mol. The number of thiophene rings is 1. The van der Waals surface area contributed by atoms with Crippen molar-refractivity contribution >= 4 is 33.3 Å². The minimum Gasteiger partial charge on any atom is -0.348 e. The molecule has 0 unspecified atom stereocenters. The van der Waals surface area contributed by atoms with E-state index in [0.29, 0.717) is 11.4 Å². The largest absolute Gasteiger partial charge is 0.348 e. The van der Waals surface area contributed by atoms with Gasteiger partial charge in [-0.05, 0) is 23.8 Å². The van der Waals surface area contributed by atoms with E-state index in [1.165, 1.54) is 12.1 Å². The van der Waals surface area contributed by atoms with Gasteiger partial charge in [0.25, 0.3) is 0 Å². The summed E-state index contributed by atoms with van der Waals surface area (Å²) < 4.78 is 24.7. The predicted molar refractivity (Wildman–Crippen MR) is 130 cm³/mol. The second-order valence-electron chi connectivity index (χ2n) is 7.30. The molecular weight excluding hydrogens is 456 g/mol. The number of sulfonamides is 1. The van der Waals surface area contributed by atoms with Gasteiger partial charge in [0.2, 0.25) is 15.9 Å². The van der Waals surface area contributed by atoms with Crippen LogP contribution in [0.3, 0.4) is 0 Å². The van der Waals surface area contributed by atoms with Crippen LogP contribution in [0.5, 0.6) is 0 Å². The molecule has 0 fully saturated rings. The third kappa shape index (κ3) is 6.04. The molecule has 7 nitrogen and oxygen atoms in total. The highest BCUT2D eigenvalue weighted by Gasteiger charge is 2.12. The maximum atomic E-state index is 12.4. The smallest absolute Gasteiger partial charge is 0.247 e. The van der Waals surface area contributed by atoms with Gasteiger partial charge >= 0.3 is 0 Å². The molecule has 2 aromatic heterocycles. The Bertz CT molecular complexity index is 1380. The molecule has 1 amide bonds. The minimum atomic E-state index is -3.74. The van der Waals surface area contributed by atoms with Crippen molar-refractivity contribution in [2.75, 3.05) is 0 Å². The lowest BCUT2D eigenvalue weighted by atomic mass is 10.1. The molecule has 4 rings (SSSR count). The maximum absolute atomic E-state index is 12.4. The van der Waals surface area contributed by atoms with Crippen LogP contribution in [0.25, 0.3) is 17.3 Å². The Balaban J connectivity index is 1.49. The molecule has 0 aliphatic carbocycles. The lowest BCUT2D eigenvalue weighted by Gasteiger charge is -2.01. The first kappa shape index (κ1) is 22.7. The third-order valence-electron chi connectivity index (χ3n) is 4.79. The summed E-state index contributed by atoms with van der Waals surface area (Å²) in [6.07, 6.45) is 5.09. The summed E-state index contributed by atoms with van der Waals surface area (Å²) in [4.78, 5) is 13.1. The number of nitrogens with two attached hydrogens (primary N) is 1. The highest BCUT2D eigenvalue weighted by molar-refractivity contribution is 7.91. The Morgan fingerprint density at radius 2 is 1.73 bits per heavy atom. The third-order valence-corrected chi connectivity index (χ3v) is 7.32. The average molecular weight is 479 g/mol. The number of carbonyl (C=O) groups is 1. The van der Waals surface area contributed by atoms with Crippen LogP contribution in [0.4, 0.5) is 0 Å². The molecule has 0 aliphatic rings. The fraction of sp³-hybridized carbons (Fsp3) is 0.0833. The molecule has 2 heterocycles. The molecule has 4 aromatic rings. The molecule has 3 N–H and O–H groups in total. The summed E-state index contributed by atoms with van der Waals surface area (Å²) in [6, 6.07) is 22.9. The first-order valence-corrected chi connectivity index (χ1v) is 12.5. The van der Waals surface area contributed by atoms with E-state index in [4.69, 9.17) is 10.2 Å². The summed E-state index contributed by atoms with van der Waals surface area (Å²) in [5.74, 6) is -0.296. The first-order chi connectivity index (χ1) is 15.9. The second-order valence-corrected chi connectivity index (χ2v) is 10.3. The van der Waals surface area contributed by atoms with Crippen molar-refractivity contribution in [1.82, 2.24) is 15.1 Å². The van der Waals surface area contributed by atoms with Gasteiger partial charge in [-0.3, -0.25) is 9.48 Å². The number of carbonyl (C=O) groups excluding carboxylic acids is 1. The fourth-order valence-electron chi connectivity index (χ4n) is 3.24. The molecule has 0 saturated carbocycles. The van der Waals surface area contributed by atoms with Crippen molar-refractivity contribution in [2.24, 2.45) is 5.14 Å². The Morgan fingerprint density at radius 3 is 2.39 bits per heavy atom. The fourth-order valence-corrected chi connectivity index (χ4v) is 4.95. The van der Waals surface area contributed by atoms with Gasteiger partial charge in [-0.15, -0.1) is 11.3 Å². The van der Waals surface area contributed by atoms with Crippen molar-refractivity contribution in [1.29, 1.82) is 0 Å². The average Bonchev–Trinajstić information content (AvgIpc) is 3.45. The lowest BCUT2D eigenvalue weighted by molar-refractivity contribution is -0.116. The Labute approximate surface area is 196 Å². The molecule has 0 atom stereocenters. The highest BCUT2D eigenvalue weighted by Crippen LogP contribution is 2.24. The van der Waals surface area contributed by atoms with Gasteiger partial charge in [-0.1, -0.05) is 60.7 Å². The zero-order valence-corrected chi connectivity index (χ0v) is 19.2. The van der Waals surface area contributed by atoms with Crippen LogP contribution in [-0.4, -0.2) is 24.1 Å². The minimum absolute atomic E-state index is 0.0700. The first-order valence-electron chi connectivity index (χ1n) is 10.1. The quantitative estimate of drug-likeness (QED) is 0.377. The molecule has 33 heavy (non-hydrogen) atoms. The van der Waals surface area contributed by atoms with Crippen LogP contribution >= 0.6 is 11.3 Å². The standard InChI is InChI=1S/C24H22N4O3S2/c25-33(30,31)23-14-12-21(32-23)15-26-22(29)13-11-20-17-28(16-18-7-3-1-4-8-18)27-24(20)19-9-5-2-6-10-19/h1-14,17H,15-16H2,(H,26,29)(H2,25,30,31)/b13-11+. The van der Waals surface area contributed by atoms with Crippen molar-refractivity contribution in [3.05, 3.63) is 101 Å². The number of nitrogens with zero attached hydrogens (tertiary/aromatic N) is 2. The summed E-state index contributed by atoms with van der Waals surface area (Å²) in [6.45, 7) is 0.827. The van der Waals surface area contributed by atoms with E-state index in [0.717, 1.165) is 33.7 Å². The number of hydrogen-bond acceptors (Lipinski definition) is 5. The molecule has 0 bridgehead atoms. The molecule has 0 spiro atoms. The van der Waals surface area contributed by atoms with Crippen LogP contribution in [-0.2, 0) is 27.9 Å². The van der Waals surface area contributed by atoms with Gasteiger partial charge in [-0.2, -0.15) is 5.10 Å². The SMILES string of the molecule is NS(=O)(=O)c1ccc(CNC(=O)/C=C/c2cn(Cc3ccccc3)nc2-c2ccccc2)s1. The summed E-state index contributed by atoms with van der Waals surface area (Å²) in [5, 5.41) is 12.6. The predicted octanol–water partition coefficient (Wildman–Crippen LogP) is 3.64. The molecule has 0 radical (unpaired) electrons. The van der Waals surface area contributed by atoms with Gasteiger partial charge in [0, 0.05) is 28.3 Å². The van der Waals surface area contributed by atoms with Gasteiger partial charge in [-0.25, -0.2) is 13.6 Å². The van der Waals surface area contributed by atoms with E-state index >= 15 is 0 Å². The van der Waals surface area contributed by atoms with E-state index in [1.807, 2.05) is 71.5 Å². The van der Waals surface area contributed by atoms with Crippen LogP contribution in [0.15, 0.2) is 89.3 Å². The number of rotatable bonds is 8. The molecular formula is C24H22N4O3S2. The summed E-state index contributed by atoms with van der Waals surface area (Å²) >= 11 is 1.04. The van der Waals surface area contributed by atoms with Crippen LogP contribution in [0, 0.1) is 0 Å². The lowest BCUT2D eigenvalue weighted by Crippen LogP contribution is -2.19. The van der Waals surface area contributed by atoms with Crippen molar-refractivity contribution in [3.8, 4) is 11.3 Å². The van der Waals surface area contributed by atoms with Crippen molar-refractivity contribution in [2.45, 2.75) is 17.3 Å². The zero-order valence-electron chi connectivity index (χ0n) is 17.6. The van der Waals surface area contributed by atoms with E-state index in [1.54, 1.807) is 12.1 Å². The maximum Gasteiger partial charge on any atom is 0.247 e. The molecule has 168 valence electrons. The molecule has 2 aromatic carbocycles. The van der Waals surface area contributed by atoms with Crippen LogP contribution < -0.4 is 10.5 Å². The van der Waals surface area contributed by atoms with E-state index in [-0.39, 0.29) is 16.7 Å². The van der Waals surface area contributed by atoms with E-state index in [2.05, 4.69) is 5.32 Å². The van der Waals surface area contributed by atoms with Crippen LogP contribution in [0.1, 0.15) is 16.0 Å². The normalized spacial score (nSPS) is 11.7. The van der Waals surface area contributed by atoms with E-state index in [9.17, 15) is 13.2 Å². The van der Waals surface area contributed by atoms with Gasteiger partial charge in [0.1, 0.15) is 4.21 Å². The summed E-state index contributed by atoms with van der Waals surface area (Å²) in [5.41, 5.74) is 3.69. The Morgan fingerprint density at radius 1 is 1.03 bits per heavy atom. The highest BCUT2D eigenvalue weighted by atomic mass is 32.2. The Hall–Kier alpha value is -3.53. The second kappa shape index (κ2) is 9.95. The van der Waals surface area contributed by atoms with Crippen LogP contribution in [0.2, 0.25) is 0 Å². The van der Waals surface area contributed by atoms with Crippen molar-refractivity contribution < 1.29 is 13.2 Å². The van der Waals surface area contributed by atoms with Gasteiger partial charge in [0.15, 0.2) is 0 Å². The number of amides is 1. The number of primary sulfonamides is 1. The molecule has 9 heteroatoms. The zero-order chi connectivity index (χ0) is 23.3. The van der Waals surface area contributed by atoms with Gasteiger partial charge in [0.05, 0.1) is 18.8 Å². The number of hydrogen-bond donors (Lipinski definition) is 2. The molecule has 0 saturated heterocycles. The number of benzene rings is 2. The topological polar surface area (TPSA) is 107 Å².